The van der Waals surface area contributed by atoms with Crippen LogP contribution in [0.5, 0.6) is 11.5 Å². The van der Waals surface area contributed by atoms with Crippen molar-refractivity contribution in [1.29, 1.82) is 0 Å². The first-order valence-corrected chi connectivity index (χ1v) is 9.89. The van der Waals surface area contributed by atoms with Gasteiger partial charge in [0.25, 0.3) is 5.91 Å². The average molecular weight is 447 g/mol. The molecule has 0 saturated heterocycles. The first-order valence-electron chi connectivity index (χ1n) is 9.13. The summed E-state index contributed by atoms with van der Waals surface area (Å²) >= 11 is 12.1. The molecule has 0 spiro atoms. The van der Waals surface area contributed by atoms with Gasteiger partial charge in [-0.1, -0.05) is 41.4 Å². The number of carbonyl (C=O) groups is 1. The summed E-state index contributed by atoms with van der Waals surface area (Å²) in [6.45, 7) is 2.67. The molecule has 1 N–H and O–H groups in total. The van der Waals surface area contributed by atoms with E-state index < -0.39 is 5.91 Å². The number of aromatic nitrogens is 2. The summed E-state index contributed by atoms with van der Waals surface area (Å²) in [5.74, 6) is 0.646. The minimum atomic E-state index is -0.499. The monoisotopic (exact) mass is 446 g/mol. The fraction of sp³-hybridized carbons (Fsp3) is 0.190. The fourth-order valence-corrected chi connectivity index (χ4v) is 3.05. The van der Waals surface area contributed by atoms with Crippen molar-refractivity contribution < 1.29 is 14.3 Å². The molecule has 9 heteroatoms. The molecular weight excluding hydrogens is 427 g/mol. The molecule has 156 valence electrons. The van der Waals surface area contributed by atoms with Crippen LogP contribution in [0.4, 0.5) is 0 Å². The third-order valence-electron chi connectivity index (χ3n) is 3.99. The van der Waals surface area contributed by atoms with E-state index in [1.54, 1.807) is 25.2 Å². The SMILES string of the molecule is CCOc1cc(/C=N/NC(=O)c2nn(C)cc2Cl)ccc1OCc1ccccc1Cl. The van der Waals surface area contributed by atoms with Crippen molar-refractivity contribution >= 4 is 35.3 Å². The molecule has 0 unspecified atom stereocenters. The first-order chi connectivity index (χ1) is 14.5. The number of hydrazone groups is 1. The van der Waals surface area contributed by atoms with Crippen LogP contribution in [-0.4, -0.2) is 28.5 Å². The number of hydrogen-bond acceptors (Lipinski definition) is 5. The molecule has 7 nitrogen and oxygen atoms in total. The Hall–Kier alpha value is -3.03. The van der Waals surface area contributed by atoms with Crippen LogP contribution in [0.3, 0.4) is 0 Å². The maximum absolute atomic E-state index is 12.1. The van der Waals surface area contributed by atoms with E-state index in [9.17, 15) is 4.79 Å². The summed E-state index contributed by atoms with van der Waals surface area (Å²) in [7, 11) is 1.68. The van der Waals surface area contributed by atoms with E-state index in [-0.39, 0.29) is 10.7 Å². The number of aryl methyl sites for hydroxylation is 1. The van der Waals surface area contributed by atoms with E-state index in [0.717, 1.165) is 11.1 Å². The molecular formula is C21H20Cl2N4O3. The standard InChI is InChI=1S/C21H20Cl2N4O3/c1-3-29-19-10-14(11-24-25-21(28)20-17(23)12-27(2)26-20)8-9-18(19)30-13-15-6-4-5-7-16(15)22/h4-12H,3,13H2,1-2H3,(H,25,28)/b24-11+. The maximum atomic E-state index is 12.1. The van der Waals surface area contributed by atoms with E-state index in [2.05, 4.69) is 15.6 Å². The van der Waals surface area contributed by atoms with Crippen molar-refractivity contribution in [3.63, 3.8) is 0 Å². The smallest absolute Gasteiger partial charge is 0.293 e. The zero-order valence-electron chi connectivity index (χ0n) is 16.4. The van der Waals surface area contributed by atoms with Gasteiger partial charge in [-0.3, -0.25) is 9.48 Å². The number of benzene rings is 2. The van der Waals surface area contributed by atoms with Crippen LogP contribution in [0.2, 0.25) is 10.0 Å². The lowest BCUT2D eigenvalue weighted by molar-refractivity contribution is 0.0949. The van der Waals surface area contributed by atoms with Gasteiger partial charge in [0.1, 0.15) is 6.61 Å². The second kappa shape index (κ2) is 10.1. The van der Waals surface area contributed by atoms with Crippen LogP contribution in [0, 0.1) is 0 Å². The minimum absolute atomic E-state index is 0.106. The summed E-state index contributed by atoms with van der Waals surface area (Å²) < 4.78 is 13.0. The number of hydrogen-bond donors (Lipinski definition) is 1. The average Bonchev–Trinajstić information content (AvgIpc) is 3.07. The van der Waals surface area contributed by atoms with Crippen LogP contribution in [0.25, 0.3) is 0 Å². The van der Waals surface area contributed by atoms with Crippen LogP contribution in [0.1, 0.15) is 28.5 Å². The van der Waals surface area contributed by atoms with E-state index in [1.165, 1.54) is 17.1 Å². The minimum Gasteiger partial charge on any atom is -0.490 e. The number of rotatable bonds is 8. The zero-order chi connectivity index (χ0) is 21.5. The van der Waals surface area contributed by atoms with Gasteiger partial charge in [-0.25, -0.2) is 5.43 Å². The fourth-order valence-electron chi connectivity index (χ4n) is 2.60. The highest BCUT2D eigenvalue weighted by atomic mass is 35.5. The largest absolute Gasteiger partial charge is 0.490 e. The Morgan fingerprint density at radius 3 is 2.67 bits per heavy atom. The Morgan fingerprint density at radius 1 is 1.17 bits per heavy atom. The topological polar surface area (TPSA) is 77.7 Å². The number of nitrogens with one attached hydrogen (secondary N) is 1. The molecule has 1 aromatic heterocycles. The molecule has 2 aromatic carbocycles. The first kappa shape index (κ1) is 21.7. The van der Waals surface area contributed by atoms with Gasteiger partial charge in [0.05, 0.1) is 17.8 Å². The molecule has 0 atom stereocenters. The molecule has 0 saturated carbocycles. The summed E-state index contributed by atoms with van der Waals surface area (Å²) in [6, 6.07) is 12.8. The molecule has 3 rings (SSSR count). The number of ether oxygens (including phenoxy) is 2. The van der Waals surface area contributed by atoms with Crippen molar-refractivity contribution in [1.82, 2.24) is 15.2 Å². The summed E-state index contributed by atoms with van der Waals surface area (Å²) in [5.41, 5.74) is 4.11. The lowest BCUT2D eigenvalue weighted by Gasteiger charge is -2.13. The predicted molar refractivity (Wildman–Crippen MR) is 117 cm³/mol. The molecule has 30 heavy (non-hydrogen) atoms. The van der Waals surface area contributed by atoms with Gasteiger partial charge in [0.15, 0.2) is 17.2 Å². The highest BCUT2D eigenvalue weighted by Crippen LogP contribution is 2.29. The molecule has 1 heterocycles. The van der Waals surface area contributed by atoms with Gasteiger partial charge in [-0.15, -0.1) is 0 Å². The third kappa shape index (κ3) is 5.52. The second-order valence-electron chi connectivity index (χ2n) is 6.22. The lowest BCUT2D eigenvalue weighted by atomic mass is 10.2. The van der Waals surface area contributed by atoms with Crippen LogP contribution >= 0.6 is 23.2 Å². The van der Waals surface area contributed by atoms with Gasteiger partial charge in [0, 0.05) is 23.8 Å². The van der Waals surface area contributed by atoms with Gasteiger partial charge in [-0.2, -0.15) is 10.2 Å². The second-order valence-corrected chi connectivity index (χ2v) is 7.03. The quantitative estimate of drug-likeness (QED) is 0.408. The summed E-state index contributed by atoms with van der Waals surface area (Å²) in [5, 5.41) is 8.84. The maximum Gasteiger partial charge on any atom is 0.293 e. The molecule has 3 aromatic rings. The predicted octanol–water partition coefficient (Wildman–Crippen LogP) is 4.47. The van der Waals surface area contributed by atoms with E-state index >= 15 is 0 Å². The van der Waals surface area contributed by atoms with E-state index in [0.29, 0.717) is 29.7 Å². The molecule has 0 aliphatic heterocycles. The Bertz CT molecular complexity index is 1070. The van der Waals surface area contributed by atoms with Crippen molar-refractivity contribution in [2.24, 2.45) is 12.1 Å². The van der Waals surface area contributed by atoms with Gasteiger partial charge >= 0.3 is 0 Å². The van der Waals surface area contributed by atoms with Crippen LogP contribution in [0.15, 0.2) is 53.8 Å². The number of amides is 1. The lowest BCUT2D eigenvalue weighted by Crippen LogP contribution is -2.18. The summed E-state index contributed by atoms with van der Waals surface area (Å²) in [6.07, 6.45) is 3.03. The van der Waals surface area contributed by atoms with Crippen molar-refractivity contribution in [3.8, 4) is 11.5 Å². The third-order valence-corrected chi connectivity index (χ3v) is 4.63. The Balaban J connectivity index is 1.68. The van der Waals surface area contributed by atoms with Crippen molar-refractivity contribution in [3.05, 3.63) is 75.5 Å². The molecule has 0 radical (unpaired) electrons. The van der Waals surface area contributed by atoms with E-state index in [1.807, 2.05) is 31.2 Å². The molecule has 0 aliphatic rings. The van der Waals surface area contributed by atoms with Crippen LogP contribution < -0.4 is 14.9 Å². The van der Waals surface area contributed by atoms with Gasteiger partial charge < -0.3 is 9.47 Å². The summed E-state index contributed by atoms with van der Waals surface area (Å²) in [4.78, 5) is 12.1. The molecule has 0 fully saturated rings. The highest BCUT2D eigenvalue weighted by Gasteiger charge is 2.14. The number of carbonyl (C=O) groups excluding carboxylic acids is 1. The zero-order valence-corrected chi connectivity index (χ0v) is 17.9. The number of nitrogens with zero attached hydrogens (tertiary/aromatic N) is 3. The van der Waals surface area contributed by atoms with E-state index in [4.69, 9.17) is 32.7 Å². The van der Waals surface area contributed by atoms with Gasteiger partial charge in [-0.05, 0) is 36.8 Å². The van der Waals surface area contributed by atoms with Crippen molar-refractivity contribution in [2.45, 2.75) is 13.5 Å². The van der Waals surface area contributed by atoms with Crippen LogP contribution in [-0.2, 0) is 13.7 Å². The van der Waals surface area contributed by atoms with Crippen molar-refractivity contribution in [2.75, 3.05) is 6.61 Å². The highest BCUT2D eigenvalue weighted by molar-refractivity contribution is 6.33. The molecule has 0 bridgehead atoms. The normalized spacial score (nSPS) is 10.9. The Morgan fingerprint density at radius 2 is 1.97 bits per heavy atom. The number of halogens is 2. The van der Waals surface area contributed by atoms with Gasteiger partial charge in [0.2, 0.25) is 0 Å². The Kier molecular flexibility index (Phi) is 7.32. The Labute approximate surface area is 184 Å². The molecule has 0 aliphatic carbocycles. The molecule has 1 amide bonds.